The summed E-state index contributed by atoms with van der Waals surface area (Å²) in [5.41, 5.74) is 1.74. The number of benzene rings is 2. The molecule has 1 aliphatic heterocycles. The first-order chi connectivity index (χ1) is 15.9. The molecule has 6 nitrogen and oxygen atoms in total. The summed E-state index contributed by atoms with van der Waals surface area (Å²) >= 11 is 0. The number of halogens is 1. The number of carbonyl (C=O) groups excluding carboxylic acids is 1. The van der Waals surface area contributed by atoms with E-state index in [0.717, 1.165) is 43.7 Å². The van der Waals surface area contributed by atoms with E-state index in [9.17, 15) is 9.18 Å². The monoisotopic (exact) mass is 455 g/mol. The van der Waals surface area contributed by atoms with Gasteiger partial charge in [-0.25, -0.2) is 9.18 Å². The van der Waals surface area contributed by atoms with Gasteiger partial charge in [-0.1, -0.05) is 12.1 Å². The summed E-state index contributed by atoms with van der Waals surface area (Å²) in [4.78, 5) is 15.2. The van der Waals surface area contributed by atoms with Crippen LogP contribution < -0.4 is 20.1 Å². The van der Waals surface area contributed by atoms with Gasteiger partial charge in [-0.05, 0) is 82.0 Å². The van der Waals surface area contributed by atoms with E-state index in [4.69, 9.17) is 9.47 Å². The Morgan fingerprint density at radius 2 is 1.91 bits per heavy atom. The molecule has 1 saturated carbocycles. The fourth-order valence-electron chi connectivity index (χ4n) is 5.74. The third-order valence-corrected chi connectivity index (χ3v) is 7.34. The van der Waals surface area contributed by atoms with Gasteiger partial charge >= 0.3 is 6.03 Å². The summed E-state index contributed by atoms with van der Waals surface area (Å²) in [6, 6.07) is 12.7. The number of anilines is 1. The van der Waals surface area contributed by atoms with Crippen molar-refractivity contribution in [1.29, 1.82) is 0 Å². The molecule has 178 valence electrons. The van der Waals surface area contributed by atoms with Crippen LogP contribution in [0.2, 0.25) is 0 Å². The third-order valence-electron chi connectivity index (χ3n) is 7.34. The van der Waals surface area contributed by atoms with Gasteiger partial charge in [0.1, 0.15) is 5.82 Å². The largest absolute Gasteiger partial charge is 0.493 e. The molecule has 1 saturated heterocycles. The van der Waals surface area contributed by atoms with E-state index in [-0.39, 0.29) is 23.3 Å². The fourth-order valence-corrected chi connectivity index (χ4v) is 5.74. The highest BCUT2D eigenvalue weighted by Gasteiger charge is 2.52. The maximum absolute atomic E-state index is 13.5. The van der Waals surface area contributed by atoms with Crippen molar-refractivity contribution < 1.29 is 18.7 Å². The summed E-state index contributed by atoms with van der Waals surface area (Å²) in [5, 5.41) is 5.88. The highest BCUT2D eigenvalue weighted by molar-refractivity contribution is 5.89. The van der Waals surface area contributed by atoms with E-state index in [2.05, 4.69) is 41.5 Å². The normalized spacial score (nSPS) is 24.9. The quantitative estimate of drug-likeness (QED) is 0.648. The van der Waals surface area contributed by atoms with E-state index in [1.54, 1.807) is 26.4 Å². The van der Waals surface area contributed by atoms with Crippen LogP contribution in [0.3, 0.4) is 0 Å². The zero-order valence-corrected chi connectivity index (χ0v) is 19.9. The van der Waals surface area contributed by atoms with Crippen LogP contribution in [0.4, 0.5) is 14.9 Å². The number of likely N-dealkylation sites (tertiary alicyclic amines) is 1. The van der Waals surface area contributed by atoms with Crippen molar-refractivity contribution in [3.8, 4) is 11.5 Å². The average molecular weight is 456 g/mol. The van der Waals surface area contributed by atoms with Gasteiger partial charge in [-0.3, -0.25) is 4.90 Å². The third kappa shape index (κ3) is 4.64. The average Bonchev–Trinajstić information content (AvgIpc) is 3.18. The van der Waals surface area contributed by atoms with E-state index in [1.165, 1.54) is 17.7 Å². The predicted octanol–water partition coefficient (Wildman–Crippen LogP) is 4.94. The van der Waals surface area contributed by atoms with E-state index in [1.807, 2.05) is 6.07 Å². The number of amides is 2. The van der Waals surface area contributed by atoms with Crippen LogP contribution in [0.25, 0.3) is 0 Å². The van der Waals surface area contributed by atoms with Crippen LogP contribution >= 0.6 is 0 Å². The topological polar surface area (TPSA) is 62.8 Å². The van der Waals surface area contributed by atoms with Crippen molar-refractivity contribution in [1.82, 2.24) is 10.2 Å². The number of nitrogens with zero attached hydrogens (tertiary/aromatic N) is 1. The highest BCUT2D eigenvalue weighted by atomic mass is 19.1. The Morgan fingerprint density at radius 1 is 1.12 bits per heavy atom. The van der Waals surface area contributed by atoms with E-state index in [0.29, 0.717) is 17.8 Å². The van der Waals surface area contributed by atoms with Crippen LogP contribution in [-0.4, -0.2) is 49.8 Å². The molecule has 2 fully saturated rings. The van der Waals surface area contributed by atoms with E-state index < -0.39 is 0 Å². The van der Waals surface area contributed by atoms with Gasteiger partial charge < -0.3 is 20.1 Å². The zero-order chi connectivity index (χ0) is 23.6. The van der Waals surface area contributed by atoms with Crippen molar-refractivity contribution in [3.63, 3.8) is 0 Å². The van der Waals surface area contributed by atoms with Gasteiger partial charge in [0.2, 0.25) is 0 Å². The minimum absolute atomic E-state index is 0.0149. The van der Waals surface area contributed by atoms with Crippen molar-refractivity contribution >= 4 is 11.7 Å². The molecule has 7 heteroatoms. The SMILES string of the molecule is COc1ccc(C23CCC(NC(=O)Nc4cccc(F)c4)CC2N(C(C)C)CC3)cc1OC. The zero-order valence-electron chi connectivity index (χ0n) is 19.9. The number of fused-ring (bicyclic) bond motifs is 1. The van der Waals surface area contributed by atoms with Crippen LogP contribution in [0.15, 0.2) is 42.5 Å². The number of carbonyl (C=O) groups is 1. The lowest BCUT2D eigenvalue weighted by Crippen LogP contribution is -2.54. The molecule has 0 radical (unpaired) electrons. The van der Waals surface area contributed by atoms with Gasteiger partial charge in [0.25, 0.3) is 0 Å². The Kier molecular flexibility index (Phi) is 6.79. The molecule has 1 aliphatic carbocycles. The number of hydrogen-bond acceptors (Lipinski definition) is 4. The van der Waals surface area contributed by atoms with Gasteiger partial charge in [0, 0.05) is 29.2 Å². The first kappa shape index (κ1) is 23.4. The van der Waals surface area contributed by atoms with Crippen molar-refractivity contribution in [2.45, 2.75) is 63.1 Å². The summed E-state index contributed by atoms with van der Waals surface area (Å²) < 4.78 is 24.5. The second-order valence-corrected chi connectivity index (χ2v) is 9.40. The molecule has 4 rings (SSSR count). The molecular weight excluding hydrogens is 421 g/mol. The summed E-state index contributed by atoms with van der Waals surface area (Å²) in [6.45, 7) is 5.50. The molecule has 0 bridgehead atoms. The van der Waals surface area contributed by atoms with Crippen molar-refractivity contribution in [2.24, 2.45) is 0 Å². The molecule has 1 heterocycles. The number of methoxy groups -OCH3 is 2. The minimum atomic E-state index is -0.372. The number of urea groups is 1. The fraction of sp³-hybridized carbons (Fsp3) is 0.500. The second-order valence-electron chi connectivity index (χ2n) is 9.40. The standard InChI is InChI=1S/C26H34FN3O3/c1-17(2)30-13-12-26(18-8-9-22(32-3)23(14-18)33-4)11-10-21(16-24(26)30)29-25(31)28-20-7-5-6-19(27)15-20/h5-9,14-15,17,21,24H,10-13,16H2,1-4H3,(H2,28,29,31). The molecule has 0 aromatic heterocycles. The van der Waals surface area contributed by atoms with Crippen LogP contribution in [0.5, 0.6) is 11.5 Å². The molecule has 33 heavy (non-hydrogen) atoms. The lowest BCUT2D eigenvalue weighted by Gasteiger charge is -2.46. The Bertz CT molecular complexity index is 998. The van der Waals surface area contributed by atoms with Crippen LogP contribution in [0.1, 0.15) is 45.1 Å². The van der Waals surface area contributed by atoms with E-state index >= 15 is 0 Å². The first-order valence-corrected chi connectivity index (χ1v) is 11.7. The number of nitrogens with one attached hydrogen (secondary N) is 2. The summed E-state index contributed by atoms with van der Waals surface area (Å²) in [6.07, 6.45) is 3.80. The molecule has 3 unspecified atom stereocenters. The first-order valence-electron chi connectivity index (χ1n) is 11.7. The van der Waals surface area contributed by atoms with Gasteiger partial charge in [0.15, 0.2) is 11.5 Å². The van der Waals surface area contributed by atoms with Crippen LogP contribution in [-0.2, 0) is 5.41 Å². The van der Waals surface area contributed by atoms with Gasteiger partial charge in [-0.15, -0.1) is 0 Å². The molecule has 2 aromatic carbocycles. The molecule has 0 spiro atoms. The Balaban J connectivity index is 1.53. The minimum Gasteiger partial charge on any atom is -0.493 e. The lowest BCUT2D eigenvalue weighted by atomic mass is 9.65. The smallest absolute Gasteiger partial charge is 0.319 e. The Morgan fingerprint density at radius 3 is 2.61 bits per heavy atom. The van der Waals surface area contributed by atoms with Gasteiger partial charge in [-0.2, -0.15) is 0 Å². The molecule has 2 N–H and O–H groups in total. The molecule has 2 aliphatic rings. The summed E-state index contributed by atoms with van der Waals surface area (Å²) in [5.74, 6) is 1.11. The number of ether oxygens (including phenoxy) is 2. The maximum atomic E-state index is 13.5. The van der Waals surface area contributed by atoms with Gasteiger partial charge in [0.05, 0.1) is 14.2 Å². The van der Waals surface area contributed by atoms with Crippen molar-refractivity contribution in [2.75, 3.05) is 26.1 Å². The lowest BCUT2D eigenvalue weighted by molar-refractivity contribution is 0.113. The Labute approximate surface area is 195 Å². The highest BCUT2D eigenvalue weighted by Crippen LogP contribution is 2.50. The summed E-state index contributed by atoms with van der Waals surface area (Å²) in [7, 11) is 3.32. The molecular formula is C26H34FN3O3. The molecule has 3 atom stereocenters. The predicted molar refractivity (Wildman–Crippen MR) is 128 cm³/mol. The number of hydrogen-bond donors (Lipinski definition) is 2. The second kappa shape index (κ2) is 9.59. The molecule has 2 aromatic rings. The number of rotatable bonds is 6. The maximum Gasteiger partial charge on any atom is 0.319 e. The Hall–Kier alpha value is -2.80. The van der Waals surface area contributed by atoms with Crippen molar-refractivity contribution in [3.05, 3.63) is 53.8 Å². The molecule has 2 amide bonds. The van der Waals surface area contributed by atoms with Crippen LogP contribution in [0, 0.1) is 5.82 Å².